The topological polar surface area (TPSA) is 54.6 Å². The van der Waals surface area contributed by atoms with Crippen molar-refractivity contribution in [2.45, 2.75) is 13.8 Å². The molecule has 2 aromatic rings. The minimum absolute atomic E-state index is 0.215. The number of furan rings is 1. The van der Waals surface area contributed by atoms with Crippen LogP contribution in [-0.2, 0) is 0 Å². The van der Waals surface area contributed by atoms with E-state index in [1.165, 1.54) is 18.2 Å². The number of halogens is 1. The number of hydrazone groups is 1. The van der Waals surface area contributed by atoms with Gasteiger partial charge in [0.25, 0.3) is 5.91 Å². The molecule has 0 saturated heterocycles. The third-order valence-electron chi connectivity index (χ3n) is 2.51. The van der Waals surface area contributed by atoms with Crippen LogP contribution in [0.3, 0.4) is 0 Å². The van der Waals surface area contributed by atoms with Gasteiger partial charge in [0.2, 0.25) is 0 Å². The number of hydrogen-bond donors (Lipinski definition) is 1. The number of amides is 1. The predicted molar refractivity (Wildman–Crippen MR) is 69.5 cm³/mol. The molecule has 1 aromatic heterocycles. The van der Waals surface area contributed by atoms with E-state index in [2.05, 4.69) is 10.5 Å². The Kier molecular flexibility index (Phi) is 3.75. The van der Waals surface area contributed by atoms with E-state index < -0.39 is 11.7 Å². The summed E-state index contributed by atoms with van der Waals surface area (Å²) >= 11 is 0. The highest BCUT2D eigenvalue weighted by atomic mass is 19.1. The van der Waals surface area contributed by atoms with Gasteiger partial charge < -0.3 is 4.42 Å². The standard InChI is InChI=1S/C14H13FN2O2/c1-9-6-7-13(19-9)10(2)16-17-14(18)11-4-3-5-12(15)8-11/h3-8H,1-2H3,(H,17,18). The minimum atomic E-state index is -0.470. The molecule has 1 aromatic carbocycles. The molecule has 0 aliphatic rings. The van der Waals surface area contributed by atoms with Crippen LogP contribution in [0.2, 0.25) is 0 Å². The Morgan fingerprint density at radius 2 is 2.11 bits per heavy atom. The zero-order valence-corrected chi connectivity index (χ0v) is 10.6. The lowest BCUT2D eigenvalue weighted by Crippen LogP contribution is -2.19. The summed E-state index contributed by atoms with van der Waals surface area (Å²) in [6.45, 7) is 3.53. The first-order chi connectivity index (χ1) is 9.06. The van der Waals surface area contributed by atoms with Gasteiger partial charge in [0, 0.05) is 5.56 Å². The molecule has 1 heterocycles. The van der Waals surface area contributed by atoms with Gasteiger partial charge in [-0.3, -0.25) is 4.79 Å². The molecule has 0 saturated carbocycles. The van der Waals surface area contributed by atoms with Gasteiger partial charge in [0.15, 0.2) is 0 Å². The largest absolute Gasteiger partial charge is 0.460 e. The van der Waals surface area contributed by atoms with Crippen molar-refractivity contribution in [2.75, 3.05) is 0 Å². The Morgan fingerprint density at radius 1 is 1.32 bits per heavy atom. The molecule has 0 aliphatic heterocycles. The van der Waals surface area contributed by atoms with Crippen LogP contribution in [0.1, 0.15) is 28.8 Å². The van der Waals surface area contributed by atoms with E-state index >= 15 is 0 Å². The second-order valence-corrected chi connectivity index (χ2v) is 4.06. The first-order valence-electron chi connectivity index (χ1n) is 5.73. The lowest BCUT2D eigenvalue weighted by Gasteiger charge is -2.01. The van der Waals surface area contributed by atoms with Crippen LogP contribution < -0.4 is 5.43 Å². The number of benzene rings is 1. The fourth-order valence-electron chi connectivity index (χ4n) is 1.51. The molecule has 1 amide bonds. The van der Waals surface area contributed by atoms with Gasteiger partial charge >= 0.3 is 0 Å². The molecule has 0 spiro atoms. The van der Waals surface area contributed by atoms with Crippen LogP contribution in [0.4, 0.5) is 4.39 Å². The average molecular weight is 260 g/mol. The number of rotatable bonds is 3. The fourth-order valence-corrected chi connectivity index (χ4v) is 1.51. The van der Waals surface area contributed by atoms with E-state index in [4.69, 9.17) is 4.42 Å². The monoisotopic (exact) mass is 260 g/mol. The van der Waals surface area contributed by atoms with E-state index in [1.54, 1.807) is 13.0 Å². The van der Waals surface area contributed by atoms with Crippen molar-refractivity contribution < 1.29 is 13.6 Å². The van der Waals surface area contributed by atoms with Gasteiger partial charge in [-0.25, -0.2) is 9.82 Å². The maximum absolute atomic E-state index is 13.0. The van der Waals surface area contributed by atoms with E-state index in [0.29, 0.717) is 11.5 Å². The molecule has 0 atom stereocenters. The molecule has 0 fully saturated rings. The van der Waals surface area contributed by atoms with Crippen molar-refractivity contribution in [3.63, 3.8) is 0 Å². The van der Waals surface area contributed by atoms with E-state index in [1.807, 2.05) is 13.0 Å². The molecule has 2 rings (SSSR count). The first kappa shape index (κ1) is 13.0. The molecular formula is C14H13FN2O2. The highest BCUT2D eigenvalue weighted by molar-refractivity contribution is 5.99. The summed E-state index contributed by atoms with van der Waals surface area (Å²) in [7, 11) is 0. The third-order valence-corrected chi connectivity index (χ3v) is 2.51. The molecule has 4 nitrogen and oxygen atoms in total. The maximum Gasteiger partial charge on any atom is 0.271 e. The smallest absolute Gasteiger partial charge is 0.271 e. The van der Waals surface area contributed by atoms with Crippen LogP contribution in [0, 0.1) is 12.7 Å². The summed E-state index contributed by atoms with van der Waals surface area (Å²) < 4.78 is 18.3. The number of nitrogens with zero attached hydrogens (tertiary/aromatic N) is 1. The minimum Gasteiger partial charge on any atom is -0.460 e. The van der Waals surface area contributed by atoms with Crippen LogP contribution in [-0.4, -0.2) is 11.6 Å². The summed E-state index contributed by atoms with van der Waals surface area (Å²) in [4.78, 5) is 11.7. The Bertz CT molecular complexity index is 632. The van der Waals surface area contributed by atoms with E-state index in [0.717, 1.165) is 11.8 Å². The van der Waals surface area contributed by atoms with Gasteiger partial charge in [0.1, 0.15) is 23.0 Å². The van der Waals surface area contributed by atoms with Crippen LogP contribution in [0.15, 0.2) is 45.9 Å². The van der Waals surface area contributed by atoms with Crippen molar-refractivity contribution in [3.8, 4) is 0 Å². The van der Waals surface area contributed by atoms with Crippen LogP contribution in [0.25, 0.3) is 0 Å². The van der Waals surface area contributed by atoms with Crippen LogP contribution >= 0.6 is 0 Å². The Morgan fingerprint density at radius 3 is 2.74 bits per heavy atom. The summed E-state index contributed by atoms with van der Waals surface area (Å²) in [6, 6.07) is 8.98. The summed E-state index contributed by atoms with van der Waals surface area (Å²) in [5, 5.41) is 3.91. The molecule has 0 aliphatic carbocycles. The zero-order valence-electron chi connectivity index (χ0n) is 10.6. The molecule has 0 radical (unpaired) electrons. The fraction of sp³-hybridized carbons (Fsp3) is 0.143. The first-order valence-corrected chi connectivity index (χ1v) is 5.73. The van der Waals surface area contributed by atoms with Crippen molar-refractivity contribution >= 4 is 11.6 Å². The van der Waals surface area contributed by atoms with Crippen molar-refractivity contribution in [2.24, 2.45) is 5.10 Å². The number of nitrogens with one attached hydrogen (secondary N) is 1. The van der Waals surface area contributed by atoms with Gasteiger partial charge in [-0.2, -0.15) is 5.10 Å². The van der Waals surface area contributed by atoms with Crippen molar-refractivity contribution in [3.05, 3.63) is 59.3 Å². The van der Waals surface area contributed by atoms with E-state index in [9.17, 15) is 9.18 Å². The van der Waals surface area contributed by atoms with Crippen molar-refractivity contribution in [1.29, 1.82) is 0 Å². The number of aryl methyl sites for hydroxylation is 1. The Labute approximate surface area is 109 Å². The summed E-state index contributed by atoms with van der Waals surface area (Å²) in [5.41, 5.74) is 3.11. The molecular weight excluding hydrogens is 247 g/mol. The van der Waals surface area contributed by atoms with Gasteiger partial charge in [-0.15, -0.1) is 0 Å². The number of hydrogen-bond acceptors (Lipinski definition) is 3. The average Bonchev–Trinajstić information content (AvgIpc) is 2.82. The summed E-state index contributed by atoms with van der Waals surface area (Å²) in [5.74, 6) is 0.412. The Hall–Kier alpha value is -2.43. The predicted octanol–water partition coefficient (Wildman–Crippen LogP) is 2.88. The van der Waals surface area contributed by atoms with Gasteiger partial charge in [-0.1, -0.05) is 6.07 Å². The van der Waals surface area contributed by atoms with Gasteiger partial charge in [0.05, 0.1) is 0 Å². The highest BCUT2D eigenvalue weighted by Crippen LogP contribution is 2.07. The van der Waals surface area contributed by atoms with Gasteiger partial charge in [-0.05, 0) is 44.2 Å². The molecule has 1 N–H and O–H groups in total. The second-order valence-electron chi connectivity index (χ2n) is 4.06. The SMILES string of the molecule is CC(=NNC(=O)c1cccc(F)c1)c1ccc(C)o1. The quantitative estimate of drug-likeness (QED) is 0.681. The molecule has 0 unspecified atom stereocenters. The maximum atomic E-state index is 13.0. The van der Waals surface area contributed by atoms with Crippen molar-refractivity contribution in [1.82, 2.24) is 5.43 Å². The normalized spacial score (nSPS) is 11.4. The Balaban J connectivity index is 2.07. The van der Waals surface area contributed by atoms with Crippen LogP contribution in [0.5, 0.6) is 0 Å². The molecule has 19 heavy (non-hydrogen) atoms. The number of carbonyl (C=O) groups excluding carboxylic acids is 1. The summed E-state index contributed by atoms with van der Waals surface area (Å²) in [6.07, 6.45) is 0. The lowest BCUT2D eigenvalue weighted by molar-refractivity contribution is 0.0954. The molecule has 0 bridgehead atoms. The number of carbonyl (C=O) groups is 1. The second kappa shape index (κ2) is 5.48. The van der Waals surface area contributed by atoms with E-state index in [-0.39, 0.29) is 5.56 Å². The molecule has 98 valence electrons. The zero-order chi connectivity index (χ0) is 13.8. The lowest BCUT2D eigenvalue weighted by atomic mass is 10.2. The molecule has 5 heteroatoms. The third kappa shape index (κ3) is 3.28. The highest BCUT2D eigenvalue weighted by Gasteiger charge is 2.07.